The lowest BCUT2D eigenvalue weighted by atomic mass is 9.99. The molecule has 3 rings (SSSR count). The summed E-state index contributed by atoms with van der Waals surface area (Å²) < 4.78 is 2.19. The minimum absolute atomic E-state index is 0.562. The van der Waals surface area contributed by atoms with Crippen molar-refractivity contribution >= 4 is 11.0 Å². The van der Waals surface area contributed by atoms with E-state index in [0.717, 1.165) is 11.0 Å². The smallest absolute Gasteiger partial charge is 0.112 e. The lowest BCUT2D eigenvalue weighted by molar-refractivity contribution is 0.546. The molecule has 0 spiro atoms. The largest absolute Gasteiger partial charge is 0.331 e. The molecule has 0 radical (unpaired) electrons. The molecule has 1 saturated carbocycles. The summed E-state index contributed by atoms with van der Waals surface area (Å²) in [5.74, 6) is 1.73. The van der Waals surface area contributed by atoms with Crippen LogP contribution in [0.1, 0.15) is 55.8 Å². The van der Waals surface area contributed by atoms with Gasteiger partial charge in [0.25, 0.3) is 0 Å². The summed E-state index contributed by atoms with van der Waals surface area (Å²) in [6.07, 6.45) is 7.78. The molecule has 0 unspecified atom stereocenters. The van der Waals surface area contributed by atoms with Crippen LogP contribution in [-0.4, -0.2) is 9.55 Å². The average Bonchev–Trinajstić information content (AvgIpc) is 2.65. The molecule has 0 N–H and O–H groups in total. The zero-order valence-corrected chi connectivity index (χ0v) is 11.4. The van der Waals surface area contributed by atoms with Crippen molar-refractivity contribution in [3.05, 3.63) is 29.6 Å². The summed E-state index contributed by atoms with van der Waals surface area (Å²) in [6.45, 7) is 0. The number of nitrogens with zero attached hydrogens (tertiary/aromatic N) is 3. The first-order valence-corrected chi connectivity index (χ1v) is 7.16. The van der Waals surface area contributed by atoms with E-state index in [1.165, 1.54) is 44.3 Å². The van der Waals surface area contributed by atoms with Crippen LogP contribution in [0.5, 0.6) is 0 Å². The van der Waals surface area contributed by atoms with Crippen molar-refractivity contribution in [3.8, 4) is 6.07 Å². The van der Waals surface area contributed by atoms with Crippen molar-refractivity contribution in [2.24, 2.45) is 7.05 Å². The molecule has 1 aliphatic carbocycles. The maximum atomic E-state index is 9.19. The Morgan fingerprint density at radius 3 is 2.63 bits per heavy atom. The summed E-state index contributed by atoms with van der Waals surface area (Å²) in [6, 6.07) is 8.11. The first-order valence-electron chi connectivity index (χ1n) is 7.16. The summed E-state index contributed by atoms with van der Waals surface area (Å²) in [4.78, 5) is 4.79. The van der Waals surface area contributed by atoms with Crippen LogP contribution >= 0.6 is 0 Å². The highest BCUT2D eigenvalue weighted by Gasteiger charge is 2.21. The second-order valence-corrected chi connectivity index (χ2v) is 5.50. The van der Waals surface area contributed by atoms with Crippen LogP contribution in [0.15, 0.2) is 18.2 Å². The normalized spacial score (nSPS) is 17.3. The number of rotatable bonds is 1. The Bertz CT molecular complexity index is 625. The predicted octanol–water partition coefficient (Wildman–Crippen LogP) is 3.88. The van der Waals surface area contributed by atoms with Crippen LogP contribution in [0.4, 0.5) is 0 Å². The van der Waals surface area contributed by atoms with Crippen molar-refractivity contribution in [3.63, 3.8) is 0 Å². The molecular formula is C16H19N3. The number of para-hydroxylation sites is 1. The molecule has 0 bridgehead atoms. The Morgan fingerprint density at radius 1 is 1.21 bits per heavy atom. The van der Waals surface area contributed by atoms with Gasteiger partial charge in [0.15, 0.2) is 0 Å². The highest BCUT2D eigenvalue weighted by molar-refractivity contribution is 5.82. The van der Waals surface area contributed by atoms with Gasteiger partial charge in [0.2, 0.25) is 0 Å². The van der Waals surface area contributed by atoms with Crippen LogP contribution < -0.4 is 0 Å². The first-order chi connectivity index (χ1) is 9.31. The lowest BCUT2D eigenvalue weighted by Gasteiger charge is -2.13. The van der Waals surface area contributed by atoms with Crippen molar-refractivity contribution in [2.75, 3.05) is 0 Å². The van der Waals surface area contributed by atoms with E-state index in [9.17, 15) is 5.26 Å². The summed E-state index contributed by atoms with van der Waals surface area (Å²) in [5, 5.41) is 9.19. The standard InChI is InChI=1S/C16H19N3/c1-19-14-10-6-9-13(11-17)15(14)18-16(19)12-7-4-2-3-5-8-12/h6,9-10,12H,2-5,7-8H2,1H3. The van der Waals surface area contributed by atoms with Gasteiger partial charge in [-0.15, -0.1) is 0 Å². The fourth-order valence-corrected chi connectivity index (χ4v) is 3.23. The van der Waals surface area contributed by atoms with Crippen molar-refractivity contribution in [2.45, 2.75) is 44.4 Å². The van der Waals surface area contributed by atoms with Crippen LogP contribution in [0.3, 0.4) is 0 Å². The minimum atomic E-state index is 0.562. The van der Waals surface area contributed by atoms with E-state index in [2.05, 4.69) is 23.8 Å². The number of aromatic nitrogens is 2. The zero-order valence-electron chi connectivity index (χ0n) is 11.4. The van der Waals surface area contributed by atoms with Crippen LogP contribution in [0.2, 0.25) is 0 Å². The van der Waals surface area contributed by atoms with Gasteiger partial charge in [-0.1, -0.05) is 31.7 Å². The predicted molar refractivity (Wildman–Crippen MR) is 75.9 cm³/mol. The second-order valence-electron chi connectivity index (χ2n) is 5.50. The summed E-state index contributed by atoms with van der Waals surface area (Å²) >= 11 is 0. The van der Waals surface area contributed by atoms with Gasteiger partial charge in [-0.2, -0.15) is 5.26 Å². The van der Waals surface area contributed by atoms with Gasteiger partial charge in [0.1, 0.15) is 17.4 Å². The third-order valence-electron chi connectivity index (χ3n) is 4.29. The number of fused-ring (bicyclic) bond motifs is 1. The van der Waals surface area contributed by atoms with Gasteiger partial charge in [-0.25, -0.2) is 4.98 Å². The molecule has 1 fully saturated rings. The van der Waals surface area contributed by atoms with Gasteiger partial charge < -0.3 is 4.57 Å². The third kappa shape index (κ3) is 2.12. The molecule has 0 saturated heterocycles. The van der Waals surface area contributed by atoms with Crippen LogP contribution in [0.25, 0.3) is 11.0 Å². The molecule has 0 atom stereocenters. The molecule has 0 amide bonds. The van der Waals surface area contributed by atoms with Crippen LogP contribution in [-0.2, 0) is 7.05 Å². The molecule has 2 aromatic rings. The van der Waals surface area contributed by atoms with Gasteiger partial charge in [-0.3, -0.25) is 0 Å². The summed E-state index contributed by atoms with van der Waals surface area (Å²) in [5.41, 5.74) is 2.64. The number of imidazole rings is 1. The Kier molecular flexibility index (Phi) is 3.25. The van der Waals surface area contributed by atoms with E-state index < -0.39 is 0 Å². The fraction of sp³-hybridized carbons (Fsp3) is 0.500. The summed E-state index contributed by atoms with van der Waals surface area (Å²) in [7, 11) is 2.08. The van der Waals surface area contributed by atoms with Crippen LogP contribution in [0, 0.1) is 11.3 Å². The Labute approximate surface area is 113 Å². The quantitative estimate of drug-likeness (QED) is 0.724. The molecule has 1 aromatic carbocycles. The van der Waals surface area contributed by atoms with Crippen molar-refractivity contribution in [1.29, 1.82) is 5.26 Å². The second kappa shape index (κ2) is 5.05. The van der Waals surface area contributed by atoms with E-state index in [0.29, 0.717) is 11.5 Å². The molecule has 98 valence electrons. The highest BCUT2D eigenvalue weighted by Crippen LogP contribution is 2.32. The molecule has 0 aliphatic heterocycles. The fourth-order valence-electron chi connectivity index (χ4n) is 3.23. The lowest BCUT2D eigenvalue weighted by Crippen LogP contribution is -2.05. The van der Waals surface area contributed by atoms with E-state index in [1.807, 2.05) is 12.1 Å². The van der Waals surface area contributed by atoms with E-state index in [1.54, 1.807) is 0 Å². The molecule has 1 heterocycles. The molecular weight excluding hydrogens is 234 g/mol. The number of nitriles is 1. The van der Waals surface area contributed by atoms with Crippen molar-refractivity contribution in [1.82, 2.24) is 9.55 Å². The number of hydrogen-bond acceptors (Lipinski definition) is 2. The first kappa shape index (κ1) is 12.2. The molecule has 1 aliphatic rings. The Morgan fingerprint density at radius 2 is 1.95 bits per heavy atom. The molecule has 3 heteroatoms. The number of benzene rings is 1. The SMILES string of the molecule is Cn1c(C2CCCCCC2)nc2c(C#N)cccc21. The maximum absolute atomic E-state index is 9.19. The maximum Gasteiger partial charge on any atom is 0.112 e. The van der Waals surface area contributed by atoms with Gasteiger partial charge in [0.05, 0.1) is 11.1 Å². The highest BCUT2D eigenvalue weighted by atomic mass is 15.1. The number of aryl methyl sites for hydroxylation is 1. The Balaban J connectivity index is 2.09. The van der Waals surface area contributed by atoms with Gasteiger partial charge in [-0.05, 0) is 25.0 Å². The molecule has 19 heavy (non-hydrogen) atoms. The average molecular weight is 253 g/mol. The molecule has 1 aromatic heterocycles. The number of hydrogen-bond donors (Lipinski definition) is 0. The van der Waals surface area contributed by atoms with E-state index >= 15 is 0 Å². The monoisotopic (exact) mass is 253 g/mol. The van der Waals surface area contributed by atoms with Gasteiger partial charge >= 0.3 is 0 Å². The Hall–Kier alpha value is -1.82. The van der Waals surface area contributed by atoms with E-state index in [4.69, 9.17) is 4.98 Å². The third-order valence-corrected chi connectivity index (χ3v) is 4.29. The zero-order chi connectivity index (χ0) is 13.2. The molecule has 3 nitrogen and oxygen atoms in total. The topological polar surface area (TPSA) is 41.6 Å². The van der Waals surface area contributed by atoms with Gasteiger partial charge in [0, 0.05) is 13.0 Å². The van der Waals surface area contributed by atoms with Crippen molar-refractivity contribution < 1.29 is 0 Å². The van der Waals surface area contributed by atoms with E-state index in [-0.39, 0.29) is 0 Å². The minimum Gasteiger partial charge on any atom is -0.331 e.